The second-order valence-electron chi connectivity index (χ2n) is 8.41. The summed E-state index contributed by atoms with van der Waals surface area (Å²) in [6.07, 6.45) is 0. The van der Waals surface area contributed by atoms with Crippen LogP contribution in [-0.2, 0) is 32.0 Å². The lowest BCUT2D eigenvalue weighted by Gasteiger charge is -2.22. The van der Waals surface area contributed by atoms with E-state index in [-0.39, 0.29) is 21.8 Å². The Balaban J connectivity index is 2.41. The average molecular weight is 439 g/mol. The molecular formula is C21H30N2O4S2. The lowest BCUT2D eigenvalue weighted by Crippen LogP contribution is -2.28. The molecule has 0 aliphatic heterocycles. The van der Waals surface area contributed by atoms with E-state index in [9.17, 15) is 16.8 Å². The molecule has 2 rings (SSSR count). The summed E-state index contributed by atoms with van der Waals surface area (Å²) in [6.45, 7) is 9.68. The van der Waals surface area contributed by atoms with Gasteiger partial charge in [-0.2, -0.15) is 0 Å². The van der Waals surface area contributed by atoms with Crippen molar-refractivity contribution in [2.24, 2.45) is 0 Å². The van der Waals surface area contributed by atoms with E-state index in [2.05, 4.69) is 25.5 Å². The van der Waals surface area contributed by atoms with Crippen molar-refractivity contribution in [3.05, 3.63) is 58.7 Å². The lowest BCUT2D eigenvalue weighted by molar-refractivity contribution is 0.519. The van der Waals surface area contributed by atoms with Crippen LogP contribution in [0.3, 0.4) is 0 Å². The molecular weight excluding hydrogens is 408 g/mol. The summed E-state index contributed by atoms with van der Waals surface area (Å²) in [4.78, 5) is 0.322. The van der Waals surface area contributed by atoms with Gasteiger partial charge in [-0.15, -0.1) is 0 Å². The van der Waals surface area contributed by atoms with Gasteiger partial charge in [-0.05, 0) is 47.6 Å². The Morgan fingerprint density at radius 1 is 0.931 bits per heavy atom. The fraction of sp³-hybridized carbons (Fsp3) is 0.429. The smallest absolute Gasteiger partial charge is 0.207 e. The highest BCUT2D eigenvalue weighted by Crippen LogP contribution is 2.29. The molecule has 0 fully saturated rings. The van der Waals surface area contributed by atoms with E-state index in [0.29, 0.717) is 16.7 Å². The van der Waals surface area contributed by atoms with Crippen molar-refractivity contribution in [2.45, 2.75) is 56.4 Å². The highest BCUT2D eigenvalue weighted by Gasteiger charge is 2.25. The molecule has 6 nitrogen and oxygen atoms in total. The molecule has 0 aliphatic rings. The third kappa shape index (κ3) is 5.06. The molecule has 0 saturated carbocycles. The monoisotopic (exact) mass is 438 g/mol. The SMILES string of the molecule is Cc1cc(C(C)(C)C)cc(C)c1S(=O)(=O)NCc1ccccc1S(=O)(=O)N(C)C. The number of hydrogen-bond donors (Lipinski definition) is 1. The Morgan fingerprint density at radius 2 is 1.45 bits per heavy atom. The van der Waals surface area contributed by atoms with E-state index in [1.165, 1.54) is 20.2 Å². The molecule has 2 aromatic carbocycles. The first kappa shape index (κ1) is 23.5. The van der Waals surface area contributed by atoms with Crippen LogP contribution >= 0.6 is 0 Å². The average Bonchev–Trinajstić information content (AvgIpc) is 2.58. The Bertz CT molecular complexity index is 1090. The first-order valence-corrected chi connectivity index (χ1v) is 12.2. The summed E-state index contributed by atoms with van der Waals surface area (Å²) >= 11 is 0. The zero-order valence-electron chi connectivity index (χ0n) is 18.1. The Kier molecular flexibility index (Phi) is 6.64. The van der Waals surface area contributed by atoms with Gasteiger partial charge >= 0.3 is 0 Å². The quantitative estimate of drug-likeness (QED) is 0.750. The zero-order chi connectivity index (χ0) is 22.2. The van der Waals surface area contributed by atoms with Crippen LogP contribution in [0.25, 0.3) is 0 Å². The van der Waals surface area contributed by atoms with Crippen molar-refractivity contribution < 1.29 is 16.8 Å². The van der Waals surface area contributed by atoms with Crippen molar-refractivity contribution in [1.82, 2.24) is 9.03 Å². The van der Waals surface area contributed by atoms with Crippen LogP contribution in [0.5, 0.6) is 0 Å². The van der Waals surface area contributed by atoms with Gasteiger partial charge in [-0.1, -0.05) is 51.1 Å². The predicted molar refractivity (Wildman–Crippen MR) is 116 cm³/mol. The fourth-order valence-electron chi connectivity index (χ4n) is 3.15. The Morgan fingerprint density at radius 3 is 1.93 bits per heavy atom. The molecule has 8 heteroatoms. The number of hydrogen-bond acceptors (Lipinski definition) is 4. The standard InChI is InChI=1S/C21H30N2O4S2/c1-15-12-18(21(3,4)5)13-16(2)20(15)28(24,25)22-14-17-10-8-9-11-19(17)29(26,27)23(6)7/h8-13,22H,14H2,1-7H3. The number of sulfonamides is 2. The van der Waals surface area contributed by atoms with Crippen molar-refractivity contribution in [3.63, 3.8) is 0 Å². The van der Waals surface area contributed by atoms with Crippen LogP contribution in [0.2, 0.25) is 0 Å². The van der Waals surface area contributed by atoms with Gasteiger partial charge in [0, 0.05) is 20.6 Å². The van der Waals surface area contributed by atoms with E-state index in [0.717, 1.165) is 9.87 Å². The maximum absolute atomic E-state index is 13.0. The van der Waals surface area contributed by atoms with Crippen molar-refractivity contribution in [2.75, 3.05) is 14.1 Å². The third-order valence-corrected chi connectivity index (χ3v) is 8.40. The molecule has 0 atom stereocenters. The van der Waals surface area contributed by atoms with Gasteiger partial charge in [0.1, 0.15) is 0 Å². The Labute approximate surface area is 175 Å². The van der Waals surface area contributed by atoms with E-state index < -0.39 is 20.0 Å². The molecule has 0 aromatic heterocycles. The number of rotatable bonds is 6. The molecule has 2 aromatic rings. The molecule has 160 valence electrons. The molecule has 0 radical (unpaired) electrons. The number of nitrogens with zero attached hydrogens (tertiary/aromatic N) is 1. The van der Waals surface area contributed by atoms with E-state index in [4.69, 9.17) is 0 Å². The van der Waals surface area contributed by atoms with E-state index >= 15 is 0 Å². The topological polar surface area (TPSA) is 83.5 Å². The van der Waals surface area contributed by atoms with Gasteiger partial charge in [0.15, 0.2) is 0 Å². The predicted octanol–water partition coefficient (Wildman–Crippen LogP) is 3.33. The lowest BCUT2D eigenvalue weighted by atomic mass is 9.85. The minimum absolute atomic E-state index is 0.0872. The summed E-state index contributed by atoms with van der Waals surface area (Å²) in [7, 11) is -4.61. The van der Waals surface area contributed by atoms with Crippen molar-refractivity contribution >= 4 is 20.0 Å². The van der Waals surface area contributed by atoms with Gasteiger partial charge < -0.3 is 0 Å². The van der Waals surface area contributed by atoms with Crippen LogP contribution in [0.4, 0.5) is 0 Å². The third-order valence-electron chi connectivity index (χ3n) is 4.78. The summed E-state index contributed by atoms with van der Waals surface area (Å²) in [6, 6.07) is 10.2. The first-order valence-electron chi connectivity index (χ1n) is 9.30. The second-order valence-corrected chi connectivity index (χ2v) is 12.2. The minimum atomic E-state index is -3.82. The highest BCUT2D eigenvalue weighted by atomic mass is 32.2. The molecule has 29 heavy (non-hydrogen) atoms. The zero-order valence-corrected chi connectivity index (χ0v) is 19.7. The maximum Gasteiger partial charge on any atom is 0.242 e. The van der Waals surface area contributed by atoms with Gasteiger partial charge in [0.25, 0.3) is 0 Å². The van der Waals surface area contributed by atoms with Crippen LogP contribution in [0, 0.1) is 13.8 Å². The van der Waals surface area contributed by atoms with Gasteiger partial charge in [-0.25, -0.2) is 25.9 Å². The van der Waals surface area contributed by atoms with Gasteiger partial charge in [0.2, 0.25) is 20.0 Å². The number of nitrogens with one attached hydrogen (secondary N) is 1. The number of benzene rings is 2. The van der Waals surface area contributed by atoms with Crippen LogP contribution < -0.4 is 4.72 Å². The largest absolute Gasteiger partial charge is 0.242 e. The molecule has 0 amide bonds. The number of aryl methyl sites for hydroxylation is 2. The van der Waals surface area contributed by atoms with Crippen LogP contribution in [0.15, 0.2) is 46.2 Å². The molecule has 1 N–H and O–H groups in total. The van der Waals surface area contributed by atoms with Crippen molar-refractivity contribution in [1.29, 1.82) is 0 Å². The molecule has 0 saturated heterocycles. The summed E-state index contributed by atoms with van der Waals surface area (Å²) in [5.74, 6) is 0. The van der Waals surface area contributed by atoms with Gasteiger partial charge in [-0.3, -0.25) is 0 Å². The molecule has 0 bridgehead atoms. The summed E-state index contributed by atoms with van der Waals surface area (Å²) in [5.41, 5.74) is 2.69. The minimum Gasteiger partial charge on any atom is -0.207 e. The van der Waals surface area contributed by atoms with E-state index in [1.807, 2.05) is 12.1 Å². The first-order chi connectivity index (χ1) is 13.2. The second kappa shape index (κ2) is 8.18. The Hall–Kier alpha value is -1.74. The maximum atomic E-state index is 13.0. The summed E-state index contributed by atoms with van der Waals surface area (Å²) in [5, 5.41) is 0. The van der Waals surface area contributed by atoms with Crippen LogP contribution in [-0.4, -0.2) is 35.2 Å². The van der Waals surface area contributed by atoms with Crippen molar-refractivity contribution in [3.8, 4) is 0 Å². The highest BCUT2D eigenvalue weighted by molar-refractivity contribution is 7.89. The molecule has 0 unspecified atom stereocenters. The van der Waals surface area contributed by atoms with Crippen LogP contribution in [0.1, 0.15) is 43.0 Å². The summed E-state index contributed by atoms with van der Waals surface area (Å²) < 4.78 is 54.8. The van der Waals surface area contributed by atoms with E-state index in [1.54, 1.807) is 32.0 Å². The molecule has 0 heterocycles. The normalized spacial score (nSPS) is 13.1. The fourth-order valence-corrected chi connectivity index (χ4v) is 5.72. The molecule has 0 aliphatic carbocycles. The molecule has 0 spiro atoms. The van der Waals surface area contributed by atoms with Gasteiger partial charge in [0.05, 0.1) is 9.79 Å².